The largest absolute Gasteiger partial charge is 0.497 e. The number of rotatable bonds is 8. The van der Waals surface area contributed by atoms with Crippen LogP contribution < -0.4 is 15.4 Å². The molecule has 0 saturated carbocycles. The molecule has 3 N–H and O–H groups in total. The molecule has 0 saturated heterocycles. The molecule has 10 heteroatoms. The number of thiophene rings is 1. The molecule has 2 amide bonds. The molecule has 31 heavy (non-hydrogen) atoms. The normalized spacial score (nSPS) is 11.4. The smallest absolute Gasteiger partial charge is 0.345 e. The molecule has 0 radical (unpaired) electrons. The average Bonchev–Trinajstić information content (AvgIpc) is 3.28. The minimum Gasteiger partial charge on any atom is -0.497 e. The fourth-order valence-corrected chi connectivity index (χ4v) is 3.55. The van der Waals surface area contributed by atoms with E-state index in [2.05, 4.69) is 20.6 Å². The summed E-state index contributed by atoms with van der Waals surface area (Å²) in [5.41, 5.74) is 0.939. The third kappa shape index (κ3) is 5.64. The Kier molecular flexibility index (Phi) is 6.93. The van der Waals surface area contributed by atoms with E-state index in [1.54, 1.807) is 32.2 Å². The minimum absolute atomic E-state index is 0.0309. The van der Waals surface area contributed by atoms with Gasteiger partial charge in [0.15, 0.2) is 0 Å². The van der Waals surface area contributed by atoms with Crippen LogP contribution in [0.15, 0.2) is 48.8 Å². The molecule has 1 aromatic carbocycles. The second-order valence-corrected chi connectivity index (χ2v) is 7.64. The molecule has 0 spiro atoms. The van der Waals surface area contributed by atoms with Gasteiger partial charge in [0.2, 0.25) is 0 Å². The molecule has 2 heterocycles. The SMILES string of the molecule is COc1cccc(CNC(=O)c2cc(C(=O)N[C@@H](C)c3ccc(C(=O)O)s3)ncn2)c1. The number of methoxy groups -OCH3 is 1. The van der Waals surface area contributed by atoms with Crippen LogP contribution in [-0.4, -0.2) is 40.0 Å². The Bertz CT molecular complexity index is 1110. The van der Waals surface area contributed by atoms with Crippen molar-refractivity contribution in [3.05, 3.63) is 75.5 Å². The van der Waals surface area contributed by atoms with Crippen LogP contribution >= 0.6 is 11.3 Å². The van der Waals surface area contributed by atoms with Crippen molar-refractivity contribution in [2.24, 2.45) is 0 Å². The van der Waals surface area contributed by atoms with Gasteiger partial charge in [0.1, 0.15) is 28.3 Å². The topological polar surface area (TPSA) is 131 Å². The molecule has 3 rings (SSSR count). The molecule has 2 aromatic heterocycles. The van der Waals surface area contributed by atoms with Crippen molar-refractivity contribution >= 4 is 29.1 Å². The van der Waals surface area contributed by atoms with Crippen LogP contribution in [0, 0.1) is 0 Å². The number of nitrogens with one attached hydrogen (secondary N) is 2. The van der Waals surface area contributed by atoms with E-state index in [0.717, 1.165) is 23.2 Å². The Hall–Kier alpha value is -3.79. The van der Waals surface area contributed by atoms with E-state index < -0.39 is 23.8 Å². The fraction of sp³-hybridized carbons (Fsp3) is 0.190. The molecule has 160 valence electrons. The standard InChI is InChI=1S/C21H20N4O5S/c1-12(17-6-7-18(31-17)21(28)29)25-20(27)16-9-15(23-11-24-16)19(26)22-10-13-4-3-5-14(8-13)30-2/h3-9,11-12H,10H2,1-2H3,(H,22,26)(H,25,27)(H,28,29)/t12-/m0/s1. The highest BCUT2D eigenvalue weighted by Gasteiger charge is 2.18. The molecular formula is C21H20N4O5S. The summed E-state index contributed by atoms with van der Waals surface area (Å²) in [5, 5.41) is 14.5. The number of carboxylic acids is 1. The Morgan fingerprint density at radius 1 is 1.10 bits per heavy atom. The van der Waals surface area contributed by atoms with Crippen molar-refractivity contribution in [2.75, 3.05) is 7.11 Å². The maximum atomic E-state index is 12.5. The zero-order valence-electron chi connectivity index (χ0n) is 16.8. The first-order valence-corrected chi connectivity index (χ1v) is 10.1. The molecule has 0 aliphatic rings. The van der Waals surface area contributed by atoms with Crippen molar-refractivity contribution in [1.29, 1.82) is 0 Å². The predicted octanol–water partition coefficient (Wildman–Crippen LogP) is 2.67. The Labute approximate surface area is 182 Å². The molecule has 0 aliphatic heterocycles. The van der Waals surface area contributed by atoms with Crippen LogP contribution in [0.25, 0.3) is 0 Å². The summed E-state index contributed by atoms with van der Waals surface area (Å²) in [4.78, 5) is 44.7. The van der Waals surface area contributed by atoms with E-state index in [-0.39, 0.29) is 22.8 Å². The van der Waals surface area contributed by atoms with E-state index >= 15 is 0 Å². The highest BCUT2D eigenvalue weighted by atomic mass is 32.1. The number of carbonyl (C=O) groups is 3. The number of ether oxygens (including phenoxy) is 1. The zero-order valence-corrected chi connectivity index (χ0v) is 17.6. The number of amides is 2. The average molecular weight is 440 g/mol. The molecule has 9 nitrogen and oxygen atoms in total. The molecule has 0 unspecified atom stereocenters. The second-order valence-electron chi connectivity index (χ2n) is 6.53. The third-order valence-corrected chi connectivity index (χ3v) is 5.59. The lowest BCUT2D eigenvalue weighted by Gasteiger charge is -2.12. The minimum atomic E-state index is -1.02. The van der Waals surface area contributed by atoms with Gasteiger partial charge in [-0.05, 0) is 36.8 Å². The number of nitrogens with zero attached hydrogens (tertiary/aromatic N) is 2. The number of carbonyl (C=O) groups excluding carboxylic acids is 2. The van der Waals surface area contributed by atoms with E-state index in [0.29, 0.717) is 10.6 Å². The predicted molar refractivity (Wildman–Crippen MR) is 113 cm³/mol. The first kappa shape index (κ1) is 21.9. The Morgan fingerprint density at radius 3 is 2.52 bits per heavy atom. The summed E-state index contributed by atoms with van der Waals surface area (Å²) in [6.45, 7) is 2.00. The summed E-state index contributed by atoms with van der Waals surface area (Å²) in [7, 11) is 1.57. The van der Waals surface area contributed by atoms with Crippen molar-refractivity contribution in [1.82, 2.24) is 20.6 Å². The highest BCUT2D eigenvalue weighted by Crippen LogP contribution is 2.23. The maximum absolute atomic E-state index is 12.5. The van der Waals surface area contributed by atoms with Gasteiger partial charge in [-0.3, -0.25) is 9.59 Å². The molecular weight excluding hydrogens is 420 g/mol. The first-order chi connectivity index (χ1) is 14.9. The second kappa shape index (κ2) is 9.81. The van der Waals surface area contributed by atoms with E-state index in [4.69, 9.17) is 9.84 Å². The van der Waals surface area contributed by atoms with E-state index in [1.165, 1.54) is 12.1 Å². The van der Waals surface area contributed by atoms with Gasteiger partial charge < -0.3 is 20.5 Å². The summed E-state index contributed by atoms with van der Waals surface area (Å²) in [6, 6.07) is 11.3. The van der Waals surface area contributed by atoms with Crippen LogP contribution in [-0.2, 0) is 6.54 Å². The van der Waals surface area contributed by atoms with Gasteiger partial charge in [-0.15, -0.1) is 11.3 Å². The Balaban J connectivity index is 1.63. The number of aromatic nitrogens is 2. The van der Waals surface area contributed by atoms with Crippen molar-refractivity contribution in [2.45, 2.75) is 19.5 Å². The van der Waals surface area contributed by atoms with Crippen LogP contribution in [0.1, 0.15) is 54.1 Å². The molecule has 0 aliphatic carbocycles. The molecule has 0 fully saturated rings. The van der Waals surface area contributed by atoms with Crippen LogP contribution in [0.2, 0.25) is 0 Å². The number of hydrogen-bond donors (Lipinski definition) is 3. The molecule has 1 atom stereocenters. The summed E-state index contributed by atoms with van der Waals surface area (Å²) in [6.07, 6.45) is 1.15. The van der Waals surface area contributed by atoms with Gasteiger partial charge in [0.05, 0.1) is 13.2 Å². The Morgan fingerprint density at radius 2 is 1.84 bits per heavy atom. The lowest BCUT2D eigenvalue weighted by atomic mass is 10.2. The molecule has 0 bridgehead atoms. The van der Waals surface area contributed by atoms with Crippen molar-refractivity contribution in [3.63, 3.8) is 0 Å². The quantitative estimate of drug-likeness (QED) is 0.491. The lowest BCUT2D eigenvalue weighted by Crippen LogP contribution is -2.28. The third-order valence-electron chi connectivity index (χ3n) is 4.33. The zero-order chi connectivity index (χ0) is 22.4. The maximum Gasteiger partial charge on any atom is 0.345 e. The van der Waals surface area contributed by atoms with E-state index in [9.17, 15) is 14.4 Å². The van der Waals surface area contributed by atoms with Gasteiger partial charge in [0.25, 0.3) is 11.8 Å². The lowest BCUT2D eigenvalue weighted by molar-refractivity contribution is 0.0701. The van der Waals surface area contributed by atoms with Gasteiger partial charge in [-0.25, -0.2) is 14.8 Å². The number of carboxylic acid groups (broad SMARTS) is 1. The number of hydrogen-bond acceptors (Lipinski definition) is 7. The van der Waals surface area contributed by atoms with Gasteiger partial charge >= 0.3 is 5.97 Å². The molecule has 3 aromatic rings. The summed E-state index contributed by atoms with van der Waals surface area (Å²) in [5.74, 6) is -1.28. The van der Waals surface area contributed by atoms with E-state index in [1.807, 2.05) is 12.1 Å². The van der Waals surface area contributed by atoms with Crippen molar-refractivity contribution < 1.29 is 24.2 Å². The number of aromatic carboxylic acids is 1. The number of benzene rings is 1. The monoisotopic (exact) mass is 440 g/mol. The van der Waals surface area contributed by atoms with Gasteiger partial charge in [-0.2, -0.15) is 0 Å². The fourth-order valence-electron chi connectivity index (χ4n) is 2.70. The summed E-state index contributed by atoms with van der Waals surface area (Å²) >= 11 is 1.08. The van der Waals surface area contributed by atoms with Crippen LogP contribution in [0.4, 0.5) is 0 Å². The highest BCUT2D eigenvalue weighted by molar-refractivity contribution is 7.14. The van der Waals surface area contributed by atoms with Gasteiger partial charge in [0, 0.05) is 17.5 Å². The van der Waals surface area contributed by atoms with Gasteiger partial charge in [-0.1, -0.05) is 12.1 Å². The summed E-state index contributed by atoms with van der Waals surface area (Å²) < 4.78 is 5.16. The van der Waals surface area contributed by atoms with Crippen LogP contribution in [0.3, 0.4) is 0 Å². The van der Waals surface area contributed by atoms with Crippen LogP contribution in [0.5, 0.6) is 5.75 Å². The van der Waals surface area contributed by atoms with Crippen molar-refractivity contribution in [3.8, 4) is 5.75 Å². The first-order valence-electron chi connectivity index (χ1n) is 9.24.